The van der Waals surface area contributed by atoms with E-state index in [0.717, 1.165) is 12.8 Å². The molecule has 0 aliphatic carbocycles. The van der Waals surface area contributed by atoms with Gasteiger partial charge in [0.25, 0.3) is 0 Å². The van der Waals surface area contributed by atoms with Crippen LogP contribution >= 0.6 is 0 Å². The minimum Gasteiger partial charge on any atom is -0.394 e. The number of nitrogens with one attached hydrogen (secondary N) is 1. The third-order valence-corrected chi connectivity index (χ3v) is 2.56. The highest BCUT2D eigenvalue weighted by molar-refractivity contribution is 5.81. The minimum atomic E-state index is -0.427. The van der Waals surface area contributed by atoms with Crippen LogP contribution < -0.4 is 11.1 Å². The smallest absolute Gasteiger partial charge is 0.237 e. The molecule has 0 saturated heterocycles. The topological polar surface area (TPSA) is 84.6 Å². The van der Waals surface area contributed by atoms with E-state index in [9.17, 15) is 4.79 Å². The van der Waals surface area contributed by atoms with Crippen molar-refractivity contribution in [2.24, 2.45) is 11.7 Å². The van der Waals surface area contributed by atoms with Gasteiger partial charge in [0.05, 0.1) is 19.3 Å². The summed E-state index contributed by atoms with van der Waals surface area (Å²) < 4.78 is 5.06. The normalized spacial score (nSPS) is 14.5. The maximum atomic E-state index is 11.5. The van der Waals surface area contributed by atoms with Crippen molar-refractivity contribution in [2.45, 2.75) is 32.7 Å². The highest BCUT2D eigenvalue weighted by atomic mass is 16.5. The van der Waals surface area contributed by atoms with Crippen molar-refractivity contribution in [3.63, 3.8) is 0 Å². The highest BCUT2D eigenvalue weighted by Crippen LogP contribution is 2.04. The van der Waals surface area contributed by atoms with Crippen LogP contribution in [0.1, 0.15) is 26.7 Å². The number of nitrogens with two attached hydrogens (primary N) is 1. The first-order valence-corrected chi connectivity index (χ1v) is 5.85. The average Bonchev–Trinajstić information content (AvgIpc) is 2.31. The molecule has 5 nitrogen and oxygen atoms in total. The standard InChI is InChI=1S/C11H24N2O3/c1-3-9(2)10(12)11(15)13-5-4-7-16-8-6-14/h9-10,14H,3-8,12H2,1-2H3,(H,13,15)/t9?,10-/m0/s1. The summed E-state index contributed by atoms with van der Waals surface area (Å²) in [5, 5.41) is 11.2. The lowest BCUT2D eigenvalue weighted by Crippen LogP contribution is -2.45. The molecule has 16 heavy (non-hydrogen) atoms. The summed E-state index contributed by atoms with van der Waals surface area (Å²) in [7, 11) is 0. The van der Waals surface area contributed by atoms with Crippen LogP contribution in [-0.4, -0.2) is 43.4 Å². The number of amides is 1. The number of hydrogen-bond donors (Lipinski definition) is 3. The van der Waals surface area contributed by atoms with E-state index in [4.69, 9.17) is 15.6 Å². The second-order valence-corrected chi connectivity index (χ2v) is 3.89. The predicted molar refractivity (Wildman–Crippen MR) is 63.0 cm³/mol. The van der Waals surface area contributed by atoms with Gasteiger partial charge in [-0.15, -0.1) is 0 Å². The third-order valence-electron chi connectivity index (χ3n) is 2.56. The molecule has 5 heteroatoms. The first-order valence-electron chi connectivity index (χ1n) is 5.85. The molecule has 96 valence electrons. The van der Waals surface area contributed by atoms with Gasteiger partial charge < -0.3 is 20.9 Å². The molecule has 0 spiro atoms. The summed E-state index contributed by atoms with van der Waals surface area (Å²) in [6.07, 6.45) is 1.63. The fraction of sp³-hybridized carbons (Fsp3) is 0.909. The van der Waals surface area contributed by atoms with Crippen LogP contribution in [0.3, 0.4) is 0 Å². The molecule has 1 unspecified atom stereocenters. The van der Waals surface area contributed by atoms with E-state index in [1.807, 2.05) is 13.8 Å². The molecule has 0 aromatic heterocycles. The Labute approximate surface area is 97.3 Å². The van der Waals surface area contributed by atoms with Crippen LogP contribution in [0.4, 0.5) is 0 Å². The molecular formula is C11H24N2O3. The average molecular weight is 232 g/mol. The predicted octanol–water partition coefficient (Wildman–Crippen LogP) is -0.125. The summed E-state index contributed by atoms with van der Waals surface area (Å²) in [5.74, 6) is 0.0992. The molecule has 0 saturated carbocycles. The van der Waals surface area contributed by atoms with Crippen molar-refractivity contribution in [1.29, 1.82) is 0 Å². The van der Waals surface area contributed by atoms with Crippen molar-refractivity contribution in [3.05, 3.63) is 0 Å². The van der Waals surface area contributed by atoms with Gasteiger partial charge in [-0.05, 0) is 12.3 Å². The zero-order valence-corrected chi connectivity index (χ0v) is 10.2. The van der Waals surface area contributed by atoms with Crippen molar-refractivity contribution in [3.8, 4) is 0 Å². The van der Waals surface area contributed by atoms with Gasteiger partial charge in [0.2, 0.25) is 5.91 Å². The zero-order valence-electron chi connectivity index (χ0n) is 10.2. The zero-order chi connectivity index (χ0) is 12.4. The SMILES string of the molecule is CCC(C)[C@H](N)C(=O)NCCCOCCO. The van der Waals surface area contributed by atoms with Gasteiger partial charge >= 0.3 is 0 Å². The van der Waals surface area contributed by atoms with Crippen molar-refractivity contribution in [2.75, 3.05) is 26.4 Å². The maximum Gasteiger partial charge on any atom is 0.237 e. The van der Waals surface area contributed by atoms with E-state index >= 15 is 0 Å². The molecule has 0 aliphatic heterocycles. The van der Waals surface area contributed by atoms with Crippen LogP contribution in [0, 0.1) is 5.92 Å². The molecule has 4 N–H and O–H groups in total. The van der Waals surface area contributed by atoms with E-state index in [2.05, 4.69) is 5.32 Å². The second kappa shape index (κ2) is 9.57. The summed E-state index contributed by atoms with van der Waals surface area (Å²) in [6.45, 7) is 5.47. The lowest BCUT2D eigenvalue weighted by molar-refractivity contribution is -0.123. The van der Waals surface area contributed by atoms with E-state index in [0.29, 0.717) is 19.8 Å². The van der Waals surface area contributed by atoms with Crippen LogP contribution in [-0.2, 0) is 9.53 Å². The van der Waals surface area contributed by atoms with Gasteiger partial charge in [-0.2, -0.15) is 0 Å². The molecular weight excluding hydrogens is 208 g/mol. The van der Waals surface area contributed by atoms with E-state index in [1.54, 1.807) is 0 Å². The number of aliphatic hydroxyl groups excluding tert-OH is 1. The van der Waals surface area contributed by atoms with Gasteiger partial charge in [0, 0.05) is 13.2 Å². The summed E-state index contributed by atoms with van der Waals surface area (Å²) in [5.41, 5.74) is 5.76. The molecule has 1 amide bonds. The van der Waals surface area contributed by atoms with Gasteiger partial charge in [-0.1, -0.05) is 20.3 Å². The largest absolute Gasteiger partial charge is 0.394 e. The molecule has 0 fully saturated rings. The molecule has 0 radical (unpaired) electrons. The first-order chi connectivity index (χ1) is 7.63. The Morgan fingerprint density at radius 3 is 2.75 bits per heavy atom. The minimum absolute atomic E-state index is 0.0330. The molecule has 2 atom stereocenters. The van der Waals surface area contributed by atoms with Crippen molar-refractivity contribution < 1.29 is 14.6 Å². The number of carbonyl (C=O) groups is 1. The van der Waals surface area contributed by atoms with Gasteiger partial charge in [-0.25, -0.2) is 0 Å². The summed E-state index contributed by atoms with van der Waals surface area (Å²) >= 11 is 0. The number of aliphatic hydroxyl groups is 1. The van der Waals surface area contributed by atoms with Gasteiger partial charge in [-0.3, -0.25) is 4.79 Å². The lowest BCUT2D eigenvalue weighted by atomic mass is 9.99. The lowest BCUT2D eigenvalue weighted by Gasteiger charge is -2.17. The Morgan fingerprint density at radius 2 is 2.19 bits per heavy atom. The number of rotatable bonds is 9. The van der Waals surface area contributed by atoms with Crippen molar-refractivity contribution >= 4 is 5.91 Å². The molecule has 0 aliphatic rings. The van der Waals surface area contributed by atoms with Crippen LogP contribution in [0.5, 0.6) is 0 Å². The first kappa shape index (κ1) is 15.3. The van der Waals surface area contributed by atoms with Gasteiger partial charge in [0.15, 0.2) is 0 Å². The van der Waals surface area contributed by atoms with Crippen LogP contribution in [0.2, 0.25) is 0 Å². The Morgan fingerprint density at radius 1 is 1.50 bits per heavy atom. The Kier molecular flexibility index (Phi) is 9.18. The molecule has 0 heterocycles. The number of ether oxygens (including phenoxy) is 1. The molecule has 0 aromatic rings. The van der Waals surface area contributed by atoms with E-state index in [-0.39, 0.29) is 18.4 Å². The maximum absolute atomic E-state index is 11.5. The molecule has 0 aromatic carbocycles. The highest BCUT2D eigenvalue weighted by Gasteiger charge is 2.18. The van der Waals surface area contributed by atoms with Gasteiger partial charge in [0.1, 0.15) is 0 Å². The van der Waals surface area contributed by atoms with E-state index in [1.165, 1.54) is 0 Å². The fourth-order valence-electron chi connectivity index (χ4n) is 1.18. The summed E-state index contributed by atoms with van der Waals surface area (Å²) in [6, 6.07) is -0.427. The number of hydrogen-bond acceptors (Lipinski definition) is 4. The number of carbonyl (C=O) groups excluding carboxylic acids is 1. The second-order valence-electron chi connectivity index (χ2n) is 3.89. The molecule has 0 bridgehead atoms. The van der Waals surface area contributed by atoms with E-state index < -0.39 is 6.04 Å². The summed E-state index contributed by atoms with van der Waals surface area (Å²) in [4.78, 5) is 11.5. The molecule has 0 rings (SSSR count). The third kappa shape index (κ3) is 6.76. The van der Waals surface area contributed by atoms with Crippen LogP contribution in [0.25, 0.3) is 0 Å². The fourth-order valence-corrected chi connectivity index (χ4v) is 1.18. The Bertz CT molecular complexity index is 188. The quantitative estimate of drug-likeness (QED) is 0.484. The Hall–Kier alpha value is -0.650. The Balaban J connectivity index is 3.50. The monoisotopic (exact) mass is 232 g/mol. The van der Waals surface area contributed by atoms with Crippen molar-refractivity contribution in [1.82, 2.24) is 5.32 Å². The van der Waals surface area contributed by atoms with Crippen LogP contribution in [0.15, 0.2) is 0 Å².